The number of rotatable bonds is 2. The highest BCUT2D eigenvalue weighted by Crippen LogP contribution is 2.43. The van der Waals surface area contributed by atoms with Gasteiger partial charge in [-0.25, -0.2) is 4.68 Å². The molecule has 0 saturated carbocycles. The minimum Gasteiger partial charge on any atom is -0.307 e. The summed E-state index contributed by atoms with van der Waals surface area (Å²) in [4.78, 5) is 15.4. The number of carbonyl (C=O) groups excluding carboxylic acids is 1. The number of aryl methyl sites for hydroxylation is 2. The molecule has 1 aliphatic rings. The Morgan fingerprint density at radius 2 is 1.83 bits per heavy atom. The normalized spacial score (nSPS) is 13.2. The van der Waals surface area contributed by atoms with Gasteiger partial charge >= 0.3 is 0 Å². The van der Waals surface area contributed by atoms with Gasteiger partial charge in [-0.3, -0.25) is 4.79 Å². The summed E-state index contributed by atoms with van der Waals surface area (Å²) < 4.78 is 1.98. The number of nitrogens with zero attached hydrogens (tertiary/aromatic N) is 4. The Morgan fingerprint density at radius 3 is 2.52 bits per heavy atom. The molecule has 5 heteroatoms. The van der Waals surface area contributed by atoms with Crippen LogP contribution in [0.4, 0.5) is 5.69 Å². The molecule has 0 radical (unpaired) electrons. The van der Waals surface area contributed by atoms with Crippen LogP contribution < -0.4 is 4.90 Å². The summed E-state index contributed by atoms with van der Waals surface area (Å²) in [5.41, 5.74) is 6.81. The van der Waals surface area contributed by atoms with E-state index in [-0.39, 0.29) is 5.91 Å². The zero-order valence-corrected chi connectivity index (χ0v) is 17.9. The summed E-state index contributed by atoms with van der Waals surface area (Å²) in [5, 5.41) is 9.03. The molecule has 2 aromatic carbocycles. The Bertz CT molecular complexity index is 1070. The van der Waals surface area contributed by atoms with E-state index >= 15 is 0 Å². The molecular weight excluding hydrogens is 360 g/mol. The van der Waals surface area contributed by atoms with E-state index in [2.05, 4.69) is 42.4 Å². The predicted molar refractivity (Wildman–Crippen MR) is 117 cm³/mol. The fourth-order valence-electron chi connectivity index (χ4n) is 4.10. The van der Waals surface area contributed by atoms with Crippen molar-refractivity contribution in [2.24, 2.45) is 5.41 Å². The fraction of sp³-hybridized carbons (Fsp3) is 0.375. The Labute approximate surface area is 172 Å². The third-order valence-corrected chi connectivity index (χ3v) is 5.55. The van der Waals surface area contributed by atoms with Crippen molar-refractivity contribution in [3.05, 3.63) is 53.6 Å². The van der Waals surface area contributed by atoms with E-state index in [4.69, 9.17) is 0 Å². The van der Waals surface area contributed by atoms with Crippen LogP contribution in [0.1, 0.15) is 45.7 Å². The van der Waals surface area contributed by atoms with Gasteiger partial charge in [0.25, 0.3) is 0 Å². The lowest BCUT2D eigenvalue weighted by molar-refractivity contribution is -0.125. The van der Waals surface area contributed by atoms with Crippen LogP contribution in [0.5, 0.6) is 0 Å². The Balaban J connectivity index is 2.09. The molecule has 0 aliphatic carbocycles. The summed E-state index contributed by atoms with van der Waals surface area (Å²) in [5.74, 6) is 0.101. The van der Waals surface area contributed by atoms with Crippen LogP contribution in [-0.2, 0) is 24.3 Å². The molecule has 0 bridgehead atoms. The number of hydrogen-bond donors (Lipinski definition) is 0. The van der Waals surface area contributed by atoms with Crippen molar-refractivity contribution in [2.75, 3.05) is 4.90 Å². The number of amides is 1. The van der Waals surface area contributed by atoms with Crippen molar-refractivity contribution in [3.63, 3.8) is 0 Å². The van der Waals surface area contributed by atoms with E-state index in [1.54, 1.807) is 0 Å². The molecule has 0 spiro atoms. The maximum atomic E-state index is 13.5. The lowest BCUT2D eigenvalue weighted by atomic mass is 9.89. The quantitative estimate of drug-likeness (QED) is 0.615. The number of fused-ring (bicyclic) bond motifs is 5. The lowest BCUT2D eigenvalue weighted by Gasteiger charge is -2.33. The van der Waals surface area contributed by atoms with Gasteiger partial charge in [-0.05, 0) is 30.5 Å². The first-order valence-corrected chi connectivity index (χ1v) is 10.3. The molecule has 3 aromatic rings. The van der Waals surface area contributed by atoms with Crippen LogP contribution in [0.25, 0.3) is 22.5 Å². The van der Waals surface area contributed by atoms with E-state index < -0.39 is 5.41 Å². The van der Waals surface area contributed by atoms with Crippen molar-refractivity contribution in [2.45, 2.75) is 54.1 Å². The second-order valence-corrected chi connectivity index (χ2v) is 8.57. The molecule has 4 rings (SSSR count). The second kappa shape index (κ2) is 7.14. The van der Waals surface area contributed by atoms with Crippen LogP contribution in [0, 0.1) is 5.41 Å². The van der Waals surface area contributed by atoms with Gasteiger partial charge in [0.05, 0.1) is 17.9 Å². The van der Waals surface area contributed by atoms with Gasteiger partial charge in [0.2, 0.25) is 5.91 Å². The first-order chi connectivity index (χ1) is 13.9. The monoisotopic (exact) mass is 388 g/mol. The zero-order chi connectivity index (χ0) is 20.8. The van der Waals surface area contributed by atoms with Gasteiger partial charge in [0, 0.05) is 23.1 Å². The van der Waals surface area contributed by atoms with Crippen LogP contribution >= 0.6 is 0 Å². The molecule has 0 fully saturated rings. The largest absolute Gasteiger partial charge is 0.307 e. The molecule has 0 unspecified atom stereocenters. The smallest absolute Gasteiger partial charge is 0.232 e. The van der Waals surface area contributed by atoms with Gasteiger partial charge in [-0.15, -0.1) is 5.10 Å². The van der Waals surface area contributed by atoms with E-state index in [0.717, 1.165) is 46.7 Å². The minimum absolute atomic E-state index is 0.101. The first-order valence-electron chi connectivity index (χ1n) is 10.3. The summed E-state index contributed by atoms with van der Waals surface area (Å²) in [7, 11) is 0. The summed E-state index contributed by atoms with van der Waals surface area (Å²) in [6.07, 6.45) is 0.909. The molecule has 0 N–H and O–H groups in total. The molecule has 5 nitrogen and oxygen atoms in total. The van der Waals surface area contributed by atoms with Crippen molar-refractivity contribution < 1.29 is 4.79 Å². The number of hydrogen-bond acceptors (Lipinski definition) is 3. The molecular formula is C24H28N4O. The average Bonchev–Trinajstić information content (AvgIpc) is 3.12. The molecule has 0 atom stereocenters. The third-order valence-electron chi connectivity index (χ3n) is 5.55. The second-order valence-electron chi connectivity index (χ2n) is 8.57. The molecule has 1 aromatic heterocycles. The van der Waals surface area contributed by atoms with E-state index in [9.17, 15) is 4.79 Å². The Kier molecular flexibility index (Phi) is 4.77. The maximum absolute atomic E-state index is 13.5. The minimum atomic E-state index is -0.487. The highest BCUT2D eigenvalue weighted by molar-refractivity contribution is 6.02. The number of aromatic nitrogens is 3. The predicted octanol–water partition coefficient (Wildman–Crippen LogP) is 5.09. The van der Waals surface area contributed by atoms with E-state index in [0.29, 0.717) is 6.54 Å². The molecule has 1 aliphatic heterocycles. The van der Waals surface area contributed by atoms with Gasteiger partial charge in [-0.1, -0.05) is 69.3 Å². The number of anilines is 1. The Morgan fingerprint density at radius 1 is 1.07 bits per heavy atom. The van der Waals surface area contributed by atoms with Crippen LogP contribution in [0.2, 0.25) is 0 Å². The first kappa shape index (κ1) is 19.4. The highest BCUT2D eigenvalue weighted by Gasteiger charge is 2.34. The highest BCUT2D eigenvalue weighted by atomic mass is 16.2. The number of para-hydroxylation sites is 1. The van der Waals surface area contributed by atoms with Gasteiger partial charge in [0.15, 0.2) is 0 Å². The van der Waals surface area contributed by atoms with Crippen LogP contribution in [0.3, 0.4) is 0 Å². The number of benzene rings is 2. The topological polar surface area (TPSA) is 51.0 Å². The average molecular weight is 389 g/mol. The van der Waals surface area contributed by atoms with Gasteiger partial charge in [0.1, 0.15) is 5.69 Å². The van der Waals surface area contributed by atoms with Crippen LogP contribution in [0.15, 0.2) is 42.5 Å². The number of carbonyl (C=O) groups is 1. The lowest BCUT2D eigenvalue weighted by Crippen LogP contribution is -2.40. The molecule has 1 amide bonds. The van der Waals surface area contributed by atoms with Gasteiger partial charge in [-0.2, -0.15) is 0 Å². The maximum Gasteiger partial charge on any atom is 0.232 e. The molecule has 29 heavy (non-hydrogen) atoms. The molecule has 150 valence electrons. The van der Waals surface area contributed by atoms with Crippen molar-refractivity contribution in [1.82, 2.24) is 15.0 Å². The Hall–Kier alpha value is -2.95. The van der Waals surface area contributed by atoms with E-state index in [1.165, 1.54) is 5.56 Å². The summed E-state index contributed by atoms with van der Waals surface area (Å²) >= 11 is 0. The summed E-state index contributed by atoms with van der Waals surface area (Å²) in [6, 6.07) is 14.4. The standard InChI is InChI=1S/C24H28N4O/c1-6-16-11-10-12-17-15-27(23(29)24(3,4)5)19-14-9-8-13-18(19)21-22(20(16)17)28(7-2)26-25-21/h8-14H,6-7,15H2,1-5H3. The van der Waals surface area contributed by atoms with Crippen molar-refractivity contribution in [1.29, 1.82) is 0 Å². The van der Waals surface area contributed by atoms with E-state index in [1.807, 2.05) is 54.6 Å². The van der Waals surface area contributed by atoms with Gasteiger partial charge < -0.3 is 4.90 Å². The molecule has 0 saturated heterocycles. The fourth-order valence-corrected chi connectivity index (χ4v) is 4.10. The van der Waals surface area contributed by atoms with Crippen LogP contribution in [-0.4, -0.2) is 20.9 Å². The third kappa shape index (κ3) is 3.15. The zero-order valence-electron chi connectivity index (χ0n) is 17.9. The summed E-state index contributed by atoms with van der Waals surface area (Å²) in [6.45, 7) is 11.4. The van der Waals surface area contributed by atoms with Crippen molar-refractivity contribution >= 4 is 11.6 Å². The van der Waals surface area contributed by atoms with Crippen molar-refractivity contribution in [3.8, 4) is 22.5 Å². The molecule has 2 heterocycles. The SMILES string of the molecule is CCc1cccc2c1-c1c(nnn1CC)-c1ccccc1N(C(=O)C(C)(C)C)C2.